The number of ether oxygens (including phenoxy) is 1. The van der Waals surface area contributed by atoms with Gasteiger partial charge in [-0.1, -0.05) is 23.7 Å². The minimum Gasteiger partial charge on any atom is -0.444 e. The molecular formula is C18H27ClN2O2. The van der Waals surface area contributed by atoms with E-state index in [0.29, 0.717) is 12.5 Å². The molecule has 2 rings (SSSR count). The molecule has 2 atom stereocenters. The van der Waals surface area contributed by atoms with Gasteiger partial charge < -0.3 is 15.4 Å². The molecule has 0 aromatic heterocycles. The van der Waals surface area contributed by atoms with Gasteiger partial charge in [0.25, 0.3) is 0 Å². The van der Waals surface area contributed by atoms with Gasteiger partial charge in [0, 0.05) is 23.7 Å². The van der Waals surface area contributed by atoms with Gasteiger partial charge >= 0.3 is 6.09 Å². The van der Waals surface area contributed by atoms with Crippen LogP contribution in [0.25, 0.3) is 0 Å². The molecule has 128 valence electrons. The summed E-state index contributed by atoms with van der Waals surface area (Å²) in [5.74, 6) is 0.625. The van der Waals surface area contributed by atoms with Crippen LogP contribution >= 0.6 is 11.6 Å². The van der Waals surface area contributed by atoms with Crippen LogP contribution < -0.4 is 10.6 Å². The zero-order chi connectivity index (χ0) is 17.0. The molecule has 0 saturated heterocycles. The van der Waals surface area contributed by atoms with E-state index in [1.54, 1.807) is 0 Å². The molecule has 2 N–H and O–H groups in total. The number of hydrogen-bond donors (Lipinski definition) is 2. The van der Waals surface area contributed by atoms with Gasteiger partial charge in [-0.3, -0.25) is 0 Å². The highest BCUT2D eigenvalue weighted by Crippen LogP contribution is 2.33. The van der Waals surface area contributed by atoms with Crippen molar-refractivity contribution in [2.24, 2.45) is 5.92 Å². The summed E-state index contributed by atoms with van der Waals surface area (Å²) in [6.45, 7) is 8.31. The van der Waals surface area contributed by atoms with E-state index in [9.17, 15) is 4.79 Å². The predicted molar refractivity (Wildman–Crippen MR) is 93.8 cm³/mol. The van der Waals surface area contributed by atoms with Crippen LogP contribution in [-0.2, 0) is 4.74 Å². The van der Waals surface area contributed by atoms with Crippen LogP contribution in [0.5, 0.6) is 0 Å². The van der Waals surface area contributed by atoms with E-state index in [0.717, 1.165) is 5.02 Å². The highest BCUT2D eigenvalue weighted by atomic mass is 35.5. The molecule has 1 aliphatic rings. The van der Waals surface area contributed by atoms with E-state index < -0.39 is 5.60 Å². The number of rotatable bonds is 6. The van der Waals surface area contributed by atoms with Crippen LogP contribution in [0.15, 0.2) is 24.3 Å². The molecule has 1 aliphatic carbocycles. The number of carbonyl (C=O) groups is 1. The first kappa shape index (κ1) is 18.1. The Labute approximate surface area is 143 Å². The van der Waals surface area contributed by atoms with Gasteiger partial charge in [-0.05, 0) is 64.2 Å². The molecule has 1 aromatic rings. The number of halogens is 1. The normalized spacial score (nSPS) is 17.4. The van der Waals surface area contributed by atoms with Gasteiger partial charge in [-0.25, -0.2) is 4.79 Å². The highest BCUT2D eigenvalue weighted by molar-refractivity contribution is 6.30. The molecule has 1 fully saturated rings. The minimum absolute atomic E-state index is 0.207. The largest absolute Gasteiger partial charge is 0.444 e. The lowest BCUT2D eigenvalue weighted by atomic mass is 10.1. The Morgan fingerprint density at radius 2 is 1.91 bits per heavy atom. The number of alkyl carbamates (subject to hydrolysis) is 1. The lowest BCUT2D eigenvalue weighted by Crippen LogP contribution is -2.44. The number of amides is 1. The number of hydrogen-bond acceptors (Lipinski definition) is 3. The summed E-state index contributed by atoms with van der Waals surface area (Å²) in [6, 6.07) is 8.34. The maximum atomic E-state index is 11.8. The molecule has 0 radical (unpaired) electrons. The third-order valence-corrected chi connectivity index (χ3v) is 4.14. The van der Waals surface area contributed by atoms with E-state index in [1.165, 1.54) is 18.4 Å². The van der Waals surface area contributed by atoms with Gasteiger partial charge in [-0.15, -0.1) is 0 Å². The Kier molecular flexibility index (Phi) is 5.93. The van der Waals surface area contributed by atoms with Crippen molar-refractivity contribution in [3.63, 3.8) is 0 Å². The molecule has 1 saturated carbocycles. The van der Waals surface area contributed by atoms with E-state index in [2.05, 4.69) is 17.6 Å². The summed E-state index contributed by atoms with van der Waals surface area (Å²) in [5.41, 5.74) is 0.723. The fraction of sp³-hybridized carbons (Fsp3) is 0.611. The van der Waals surface area contributed by atoms with Crippen LogP contribution in [0.4, 0.5) is 4.79 Å². The molecular weight excluding hydrogens is 312 g/mol. The predicted octanol–water partition coefficient (Wildman–Crippen LogP) is 4.29. The topological polar surface area (TPSA) is 50.4 Å². The standard InChI is InChI=1S/C18H27ClN2O2/c1-12(13-7-9-15(19)10-8-13)21-16(14-5-6-14)11-20-17(22)23-18(2,3)4/h7-10,12,14,16,21H,5-6,11H2,1-4H3,(H,20,22). The fourth-order valence-electron chi connectivity index (χ4n) is 2.54. The molecule has 4 nitrogen and oxygen atoms in total. The van der Waals surface area contributed by atoms with Gasteiger partial charge in [0.2, 0.25) is 0 Å². The van der Waals surface area contributed by atoms with Gasteiger partial charge in [-0.2, -0.15) is 0 Å². The zero-order valence-electron chi connectivity index (χ0n) is 14.4. The van der Waals surface area contributed by atoms with Crippen LogP contribution in [0.1, 0.15) is 52.1 Å². The Bertz CT molecular complexity index is 521. The molecule has 0 bridgehead atoms. The first-order valence-corrected chi connectivity index (χ1v) is 8.61. The second kappa shape index (κ2) is 7.54. The Morgan fingerprint density at radius 3 is 2.43 bits per heavy atom. The molecule has 1 amide bonds. The van der Waals surface area contributed by atoms with Crippen molar-refractivity contribution in [3.05, 3.63) is 34.9 Å². The SMILES string of the molecule is CC(NC(CNC(=O)OC(C)(C)C)C1CC1)c1ccc(Cl)cc1. The summed E-state index contributed by atoms with van der Waals surface area (Å²) in [6.07, 6.45) is 2.06. The molecule has 23 heavy (non-hydrogen) atoms. The maximum Gasteiger partial charge on any atom is 0.407 e. The Hall–Kier alpha value is -1.26. The molecule has 1 aromatic carbocycles. The Balaban J connectivity index is 1.86. The van der Waals surface area contributed by atoms with Crippen LogP contribution in [0.3, 0.4) is 0 Å². The number of nitrogens with one attached hydrogen (secondary N) is 2. The molecule has 0 spiro atoms. The van der Waals surface area contributed by atoms with Crippen molar-refractivity contribution in [2.45, 2.75) is 58.2 Å². The second-order valence-corrected chi connectivity index (χ2v) is 7.70. The fourth-order valence-corrected chi connectivity index (χ4v) is 2.66. The molecule has 2 unspecified atom stereocenters. The molecule has 0 aliphatic heterocycles. The van der Waals surface area contributed by atoms with Crippen molar-refractivity contribution in [2.75, 3.05) is 6.54 Å². The van der Waals surface area contributed by atoms with Crippen LogP contribution in [0, 0.1) is 5.92 Å². The summed E-state index contributed by atoms with van der Waals surface area (Å²) in [5, 5.41) is 7.24. The van der Waals surface area contributed by atoms with Crippen LogP contribution in [0.2, 0.25) is 5.02 Å². The summed E-state index contributed by atoms with van der Waals surface area (Å²) >= 11 is 5.94. The lowest BCUT2D eigenvalue weighted by Gasteiger charge is -2.25. The van der Waals surface area contributed by atoms with Crippen molar-refractivity contribution in [3.8, 4) is 0 Å². The monoisotopic (exact) mass is 338 g/mol. The highest BCUT2D eigenvalue weighted by Gasteiger charge is 2.32. The third-order valence-electron chi connectivity index (χ3n) is 3.89. The minimum atomic E-state index is -0.469. The van der Waals surface area contributed by atoms with Gasteiger partial charge in [0.15, 0.2) is 0 Å². The smallest absolute Gasteiger partial charge is 0.407 e. The third kappa shape index (κ3) is 6.40. The first-order chi connectivity index (χ1) is 10.7. The van der Waals surface area contributed by atoms with E-state index in [1.807, 2.05) is 45.0 Å². The van der Waals surface area contributed by atoms with E-state index in [-0.39, 0.29) is 18.2 Å². The second-order valence-electron chi connectivity index (χ2n) is 7.27. The Morgan fingerprint density at radius 1 is 1.30 bits per heavy atom. The van der Waals surface area contributed by atoms with Crippen molar-refractivity contribution in [1.29, 1.82) is 0 Å². The van der Waals surface area contributed by atoms with Crippen molar-refractivity contribution >= 4 is 17.7 Å². The van der Waals surface area contributed by atoms with Gasteiger partial charge in [0.1, 0.15) is 5.60 Å². The zero-order valence-corrected chi connectivity index (χ0v) is 15.1. The number of benzene rings is 1. The van der Waals surface area contributed by atoms with E-state index >= 15 is 0 Å². The summed E-state index contributed by atoms with van der Waals surface area (Å²) in [4.78, 5) is 11.8. The van der Waals surface area contributed by atoms with E-state index in [4.69, 9.17) is 16.3 Å². The van der Waals surface area contributed by atoms with Gasteiger partial charge in [0.05, 0.1) is 0 Å². The van der Waals surface area contributed by atoms with Crippen molar-refractivity contribution < 1.29 is 9.53 Å². The first-order valence-electron chi connectivity index (χ1n) is 8.23. The summed E-state index contributed by atoms with van der Waals surface area (Å²) < 4.78 is 5.30. The van der Waals surface area contributed by atoms with Crippen molar-refractivity contribution in [1.82, 2.24) is 10.6 Å². The number of carbonyl (C=O) groups excluding carboxylic acids is 1. The quantitative estimate of drug-likeness (QED) is 0.813. The summed E-state index contributed by atoms with van der Waals surface area (Å²) in [7, 11) is 0. The molecule has 5 heteroatoms. The lowest BCUT2D eigenvalue weighted by molar-refractivity contribution is 0.0520. The molecule has 0 heterocycles. The van der Waals surface area contributed by atoms with Crippen LogP contribution in [-0.4, -0.2) is 24.3 Å². The average molecular weight is 339 g/mol. The average Bonchev–Trinajstić information content (AvgIpc) is 3.26. The maximum absolute atomic E-state index is 11.8.